The summed E-state index contributed by atoms with van der Waals surface area (Å²) in [5, 5.41) is 6.90. The first-order chi connectivity index (χ1) is 11.5. The van der Waals surface area contributed by atoms with Crippen LogP contribution in [0.15, 0.2) is 4.99 Å². The average Bonchev–Trinajstić information content (AvgIpc) is 3.00. The van der Waals surface area contributed by atoms with Crippen LogP contribution in [0.25, 0.3) is 0 Å². The fraction of sp³-hybridized carbons (Fsp3) is 0.895. The Labute approximate surface area is 147 Å². The maximum Gasteiger partial charge on any atom is 0.225 e. The number of hydrogen-bond donors (Lipinski definition) is 2. The van der Waals surface area contributed by atoms with E-state index in [1.807, 2.05) is 18.7 Å². The second kappa shape index (κ2) is 9.28. The van der Waals surface area contributed by atoms with E-state index in [-0.39, 0.29) is 11.8 Å². The van der Waals surface area contributed by atoms with Gasteiger partial charge in [-0.05, 0) is 38.0 Å². The van der Waals surface area contributed by atoms with Crippen molar-refractivity contribution < 1.29 is 4.79 Å². The minimum absolute atomic E-state index is 0.0824. The van der Waals surface area contributed by atoms with Crippen LogP contribution in [0, 0.1) is 17.8 Å². The molecule has 24 heavy (non-hydrogen) atoms. The molecule has 0 spiro atoms. The van der Waals surface area contributed by atoms with Crippen LogP contribution in [-0.2, 0) is 4.79 Å². The molecule has 3 atom stereocenters. The van der Waals surface area contributed by atoms with E-state index in [2.05, 4.69) is 24.5 Å². The molecule has 1 heterocycles. The zero-order valence-electron chi connectivity index (χ0n) is 16.0. The number of carbonyl (C=O) groups is 1. The topological polar surface area (TPSA) is 56.7 Å². The fourth-order valence-electron chi connectivity index (χ4n) is 3.90. The molecule has 138 valence electrons. The van der Waals surface area contributed by atoms with Crippen LogP contribution in [0.4, 0.5) is 0 Å². The van der Waals surface area contributed by atoms with E-state index < -0.39 is 0 Å². The third-order valence-electron chi connectivity index (χ3n) is 5.23. The van der Waals surface area contributed by atoms with Crippen LogP contribution < -0.4 is 10.6 Å². The lowest BCUT2D eigenvalue weighted by atomic mass is 9.82. The Morgan fingerprint density at radius 2 is 2.08 bits per heavy atom. The molecule has 1 aliphatic carbocycles. The Hall–Kier alpha value is -1.26. The summed E-state index contributed by atoms with van der Waals surface area (Å²) >= 11 is 0. The molecule has 0 bridgehead atoms. The molecule has 1 saturated carbocycles. The molecule has 0 aromatic rings. The SMILES string of the molecule is CCNC(=NCC1CCCC(C)C1)NC1CCN(C(=O)C(C)C)C1. The Morgan fingerprint density at radius 1 is 1.29 bits per heavy atom. The molecule has 0 aromatic heterocycles. The molecule has 1 saturated heterocycles. The molecule has 2 aliphatic rings. The van der Waals surface area contributed by atoms with E-state index in [0.717, 1.165) is 50.4 Å². The standard InChI is InChI=1S/C19H36N4O/c1-5-20-19(21-12-16-8-6-7-15(4)11-16)22-17-9-10-23(13-17)18(24)14(2)3/h14-17H,5-13H2,1-4H3,(H2,20,21,22). The van der Waals surface area contributed by atoms with Gasteiger partial charge in [-0.2, -0.15) is 0 Å². The van der Waals surface area contributed by atoms with Crippen molar-refractivity contribution in [2.75, 3.05) is 26.2 Å². The van der Waals surface area contributed by atoms with Crippen LogP contribution in [0.2, 0.25) is 0 Å². The number of rotatable bonds is 5. The first-order valence-electron chi connectivity index (χ1n) is 9.83. The first-order valence-corrected chi connectivity index (χ1v) is 9.83. The largest absolute Gasteiger partial charge is 0.357 e. The number of aliphatic imine (C=N–C) groups is 1. The van der Waals surface area contributed by atoms with E-state index in [1.165, 1.54) is 25.7 Å². The van der Waals surface area contributed by atoms with E-state index in [0.29, 0.717) is 6.04 Å². The predicted molar refractivity (Wildman–Crippen MR) is 100 cm³/mol. The van der Waals surface area contributed by atoms with Gasteiger partial charge in [0.1, 0.15) is 0 Å². The van der Waals surface area contributed by atoms with Crippen LogP contribution in [0.3, 0.4) is 0 Å². The third-order valence-corrected chi connectivity index (χ3v) is 5.23. The number of likely N-dealkylation sites (tertiary alicyclic amines) is 1. The molecular weight excluding hydrogens is 300 g/mol. The molecular formula is C19H36N4O. The number of guanidine groups is 1. The van der Waals surface area contributed by atoms with Gasteiger partial charge in [-0.25, -0.2) is 0 Å². The van der Waals surface area contributed by atoms with Crippen molar-refractivity contribution in [3.05, 3.63) is 0 Å². The zero-order chi connectivity index (χ0) is 17.5. The van der Waals surface area contributed by atoms with Gasteiger partial charge in [-0.1, -0.05) is 33.6 Å². The molecule has 5 nitrogen and oxygen atoms in total. The number of carbonyl (C=O) groups excluding carboxylic acids is 1. The monoisotopic (exact) mass is 336 g/mol. The smallest absolute Gasteiger partial charge is 0.225 e. The van der Waals surface area contributed by atoms with Gasteiger partial charge in [0.25, 0.3) is 0 Å². The van der Waals surface area contributed by atoms with Crippen LogP contribution in [0.1, 0.15) is 59.8 Å². The second-order valence-corrected chi connectivity index (χ2v) is 7.93. The summed E-state index contributed by atoms with van der Waals surface area (Å²) in [5.74, 6) is 2.84. The number of nitrogens with zero attached hydrogens (tertiary/aromatic N) is 2. The molecule has 3 unspecified atom stereocenters. The van der Waals surface area contributed by atoms with Gasteiger partial charge in [0, 0.05) is 38.1 Å². The predicted octanol–water partition coefficient (Wildman–Crippen LogP) is 2.62. The summed E-state index contributed by atoms with van der Waals surface area (Å²) in [4.78, 5) is 18.9. The first kappa shape index (κ1) is 19.1. The molecule has 0 aromatic carbocycles. The van der Waals surface area contributed by atoms with E-state index in [9.17, 15) is 4.79 Å². The van der Waals surface area contributed by atoms with Crippen LogP contribution >= 0.6 is 0 Å². The minimum Gasteiger partial charge on any atom is -0.357 e. The Balaban J connectivity index is 1.84. The summed E-state index contributed by atoms with van der Waals surface area (Å²) in [7, 11) is 0. The normalized spacial score (nSPS) is 28.3. The van der Waals surface area contributed by atoms with Crippen molar-refractivity contribution in [2.45, 2.75) is 65.8 Å². The Kier molecular flexibility index (Phi) is 7.38. The van der Waals surface area contributed by atoms with Crippen molar-refractivity contribution in [1.29, 1.82) is 0 Å². The number of hydrogen-bond acceptors (Lipinski definition) is 2. The Morgan fingerprint density at radius 3 is 2.75 bits per heavy atom. The van der Waals surface area contributed by atoms with Crippen LogP contribution in [-0.4, -0.2) is 49.0 Å². The van der Waals surface area contributed by atoms with Crippen molar-refractivity contribution in [1.82, 2.24) is 15.5 Å². The van der Waals surface area contributed by atoms with E-state index in [4.69, 9.17) is 4.99 Å². The third kappa shape index (κ3) is 5.67. The molecule has 1 aliphatic heterocycles. The lowest BCUT2D eigenvalue weighted by molar-refractivity contribution is -0.133. The van der Waals surface area contributed by atoms with Gasteiger partial charge < -0.3 is 15.5 Å². The van der Waals surface area contributed by atoms with Crippen molar-refractivity contribution in [3.63, 3.8) is 0 Å². The van der Waals surface area contributed by atoms with Gasteiger partial charge >= 0.3 is 0 Å². The van der Waals surface area contributed by atoms with Crippen molar-refractivity contribution in [3.8, 4) is 0 Å². The highest BCUT2D eigenvalue weighted by Crippen LogP contribution is 2.28. The lowest BCUT2D eigenvalue weighted by Gasteiger charge is -2.26. The Bertz CT molecular complexity index is 435. The van der Waals surface area contributed by atoms with Crippen molar-refractivity contribution in [2.24, 2.45) is 22.7 Å². The molecule has 5 heteroatoms. The lowest BCUT2D eigenvalue weighted by Crippen LogP contribution is -2.45. The zero-order valence-corrected chi connectivity index (χ0v) is 16.0. The van der Waals surface area contributed by atoms with Gasteiger partial charge in [-0.3, -0.25) is 9.79 Å². The second-order valence-electron chi connectivity index (χ2n) is 7.93. The van der Waals surface area contributed by atoms with Gasteiger partial charge in [0.15, 0.2) is 5.96 Å². The van der Waals surface area contributed by atoms with Gasteiger partial charge in [0.2, 0.25) is 5.91 Å². The fourth-order valence-corrected chi connectivity index (χ4v) is 3.90. The number of nitrogens with one attached hydrogen (secondary N) is 2. The van der Waals surface area contributed by atoms with Gasteiger partial charge in [-0.15, -0.1) is 0 Å². The van der Waals surface area contributed by atoms with Crippen molar-refractivity contribution >= 4 is 11.9 Å². The molecule has 2 rings (SSSR count). The summed E-state index contributed by atoms with van der Waals surface area (Å²) < 4.78 is 0. The van der Waals surface area contributed by atoms with E-state index >= 15 is 0 Å². The highest BCUT2D eigenvalue weighted by atomic mass is 16.2. The highest BCUT2D eigenvalue weighted by molar-refractivity contribution is 5.81. The van der Waals surface area contributed by atoms with Crippen LogP contribution in [0.5, 0.6) is 0 Å². The number of amides is 1. The summed E-state index contributed by atoms with van der Waals surface area (Å²) in [6.45, 7) is 11.8. The molecule has 2 fully saturated rings. The molecule has 0 radical (unpaired) electrons. The quantitative estimate of drug-likeness (QED) is 0.599. The van der Waals surface area contributed by atoms with E-state index in [1.54, 1.807) is 0 Å². The summed E-state index contributed by atoms with van der Waals surface area (Å²) in [6.07, 6.45) is 6.35. The summed E-state index contributed by atoms with van der Waals surface area (Å²) in [6, 6.07) is 0.316. The summed E-state index contributed by atoms with van der Waals surface area (Å²) in [5.41, 5.74) is 0. The van der Waals surface area contributed by atoms with Gasteiger partial charge in [0.05, 0.1) is 0 Å². The maximum atomic E-state index is 12.1. The molecule has 2 N–H and O–H groups in total. The molecule has 1 amide bonds. The minimum atomic E-state index is 0.0824. The highest BCUT2D eigenvalue weighted by Gasteiger charge is 2.28. The maximum absolute atomic E-state index is 12.1. The average molecular weight is 337 g/mol.